The van der Waals surface area contributed by atoms with Crippen LogP contribution < -0.4 is 10.1 Å². The van der Waals surface area contributed by atoms with E-state index in [4.69, 9.17) is 0 Å². The molecule has 0 aliphatic heterocycles. The van der Waals surface area contributed by atoms with Crippen LogP contribution in [0.25, 0.3) is 5.69 Å². The van der Waals surface area contributed by atoms with Gasteiger partial charge in [-0.2, -0.15) is 8.78 Å². The summed E-state index contributed by atoms with van der Waals surface area (Å²) in [5.74, 6) is -0.144. The van der Waals surface area contributed by atoms with Gasteiger partial charge in [0.15, 0.2) is 0 Å². The largest absolute Gasteiger partial charge is 0.508 e. The van der Waals surface area contributed by atoms with Gasteiger partial charge in [0.2, 0.25) is 5.82 Å². The minimum Gasteiger partial charge on any atom is -0.508 e. The Kier molecular flexibility index (Phi) is 4.78. The zero-order valence-electron chi connectivity index (χ0n) is 13.6. The number of alkyl halides is 2. The lowest BCUT2D eigenvalue weighted by Gasteiger charge is -2.06. The number of phenols is 1. The fraction of sp³-hybridized carbons (Fsp3) is 0.118. The molecule has 1 heterocycles. The van der Waals surface area contributed by atoms with E-state index >= 15 is 0 Å². The Morgan fingerprint density at radius 3 is 2.62 bits per heavy atom. The Morgan fingerprint density at radius 1 is 1.23 bits per heavy atom. The van der Waals surface area contributed by atoms with Crippen LogP contribution in [0, 0.1) is 6.92 Å². The van der Waals surface area contributed by atoms with Gasteiger partial charge in [-0.3, -0.25) is 4.79 Å². The van der Waals surface area contributed by atoms with Crippen molar-refractivity contribution in [3.05, 3.63) is 60.2 Å². The summed E-state index contributed by atoms with van der Waals surface area (Å²) in [5, 5.41) is 16.1. The van der Waals surface area contributed by atoms with Gasteiger partial charge in [-0.15, -0.1) is 5.10 Å². The maximum atomic E-state index is 12.3. The maximum absolute atomic E-state index is 12.3. The molecule has 9 heteroatoms. The van der Waals surface area contributed by atoms with Gasteiger partial charge in [0, 0.05) is 11.8 Å². The first-order chi connectivity index (χ1) is 12.4. The van der Waals surface area contributed by atoms with Gasteiger partial charge in [0.05, 0.1) is 5.69 Å². The summed E-state index contributed by atoms with van der Waals surface area (Å²) >= 11 is 0. The number of rotatable bonds is 5. The van der Waals surface area contributed by atoms with Crippen molar-refractivity contribution < 1.29 is 23.4 Å². The number of carbonyl (C=O) groups excluding carboxylic acids is 1. The molecule has 0 saturated heterocycles. The van der Waals surface area contributed by atoms with Gasteiger partial charge in [-0.25, -0.2) is 9.67 Å². The van der Waals surface area contributed by atoms with Crippen LogP contribution in [0.1, 0.15) is 16.4 Å². The second-order valence-electron chi connectivity index (χ2n) is 5.27. The van der Waals surface area contributed by atoms with Crippen LogP contribution in [-0.2, 0) is 0 Å². The predicted molar refractivity (Wildman–Crippen MR) is 88.8 cm³/mol. The highest BCUT2D eigenvalue weighted by Crippen LogP contribution is 2.19. The molecule has 3 rings (SSSR count). The summed E-state index contributed by atoms with van der Waals surface area (Å²) in [6.07, 6.45) is 0. The lowest BCUT2D eigenvalue weighted by Crippen LogP contribution is -2.14. The first kappa shape index (κ1) is 17.3. The van der Waals surface area contributed by atoms with Crippen molar-refractivity contribution in [3.63, 3.8) is 0 Å². The van der Waals surface area contributed by atoms with E-state index in [9.17, 15) is 18.7 Å². The quantitative estimate of drug-likeness (QED) is 0.730. The summed E-state index contributed by atoms with van der Waals surface area (Å²) in [7, 11) is 0. The van der Waals surface area contributed by atoms with E-state index in [1.165, 1.54) is 41.1 Å². The highest BCUT2D eigenvalue weighted by molar-refractivity contribution is 6.01. The van der Waals surface area contributed by atoms with E-state index in [-0.39, 0.29) is 17.3 Å². The Bertz CT molecular complexity index is 926. The lowest BCUT2D eigenvalue weighted by molar-refractivity contribution is -0.0498. The third-order valence-corrected chi connectivity index (χ3v) is 3.38. The van der Waals surface area contributed by atoms with E-state index in [1.807, 2.05) is 0 Å². The standard InChI is InChI=1S/C17H14F2N4O3/c1-10-20-15(16(25)21-11-3-2-4-13(24)9-11)22-23(10)12-5-7-14(8-6-12)26-17(18)19/h2-9,17,24H,1H3,(H,21,25). The average molecular weight is 360 g/mol. The molecule has 0 aliphatic carbocycles. The number of amides is 1. The molecule has 2 aromatic carbocycles. The van der Waals surface area contributed by atoms with Crippen molar-refractivity contribution in [2.45, 2.75) is 13.5 Å². The fourth-order valence-corrected chi connectivity index (χ4v) is 2.27. The van der Waals surface area contributed by atoms with E-state index in [2.05, 4.69) is 20.1 Å². The monoisotopic (exact) mass is 360 g/mol. The third-order valence-electron chi connectivity index (χ3n) is 3.38. The molecule has 134 valence electrons. The number of nitrogens with one attached hydrogen (secondary N) is 1. The normalized spacial score (nSPS) is 10.8. The second kappa shape index (κ2) is 7.18. The Labute approximate surface area is 146 Å². The van der Waals surface area contributed by atoms with E-state index in [0.717, 1.165) is 0 Å². The number of aryl methyl sites for hydroxylation is 1. The topological polar surface area (TPSA) is 89.3 Å². The Morgan fingerprint density at radius 2 is 1.96 bits per heavy atom. The number of nitrogens with zero attached hydrogens (tertiary/aromatic N) is 3. The van der Waals surface area contributed by atoms with Gasteiger partial charge in [0.25, 0.3) is 5.91 Å². The van der Waals surface area contributed by atoms with Crippen molar-refractivity contribution in [3.8, 4) is 17.2 Å². The molecule has 0 bridgehead atoms. The molecular weight excluding hydrogens is 346 g/mol. The fourth-order valence-electron chi connectivity index (χ4n) is 2.27. The number of aromatic nitrogens is 3. The molecule has 0 spiro atoms. The molecule has 0 unspecified atom stereocenters. The number of hydrogen-bond donors (Lipinski definition) is 2. The molecular formula is C17H14F2N4O3. The molecule has 2 N–H and O–H groups in total. The number of halogens is 2. The average Bonchev–Trinajstić information content (AvgIpc) is 2.97. The van der Waals surface area contributed by atoms with Gasteiger partial charge >= 0.3 is 6.61 Å². The van der Waals surface area contributed by atoms with Gasteiger partial charge in [-0.1, -0.05) is 6.07 Å². The van der Waals surface area contributed by atoms with Gasteiger partial charge < -0.3 is 15.2 Å². The summed E-state index contributed by atoms with van der Waals surface area (Å²) in [4.78, 5) is 16.4. The number of ether oxygens (including phenoxy) is 1. The van der Waals surface area contributed by atoms with Crippen molar-refractivity contribution >= 4 is 11.6 Å². The number of hydrogen-bond acceptors (Lipinski definition) is 5. The minimum absolute atomic E-state index is 0.0170. The Balaban J connectivity index is 1.79. The van der Waals surface area contributed by atoms with Crippen molar-refractivity contribution in [1.29, 1.82) is 0 Å². The van der Waals surface area contributed by atoms with Crippen LogP contribution in [0.2, 0.25) is 0 Å². The van der Waals surface area contributed by atoms with E-state index in [1.54, 1.807) is 19.1 Å². The highest BCUT2D eigenvalue weighted by Gasteiger charge is 2.16. The van der Waals surface area contributed by atoms with Crippen LogP contribution in [0.4, 0.5) is 14.5 Å². The first-order valence-electron chi connectivity index (χ1n) is 7.51. The molecule has 0 aliphatic rings. The van der Waals surface area contributed by atoms with Gasteiger partial charge in [-0.05, 0) is 43.3 Å². The molecule has 0 fully saturated rings. The SMILES string of the molecule is Cc1nc(C(=O)Nc2cccc(O)c2)nn1-c1ccc(OC(F)F)cc1. The summed E-state index contributed by atoms with van der Waals surface area (Å²) in [5.41, 5.74) is 0.936. The number of aromatic hydroxyl groups is 1. The molecule has 7 nitrogen and oxygen atoms in total. The Hall–Kier alpha value is -3.49. The van der Waals surface area contributed by atoms with E-state index in [0.29, 0.717) is 17.2 Å². The van der Waals surface area contributed by atoms with Crippen LogP contribution >= 0.6 is 0 Å². The zero-order chi connectivity index (χ0) is 18.7. The molecule has 1 aromatic heterocycles. The number of carbonyl (C=O) groups is 1. The molecule has 0 radical (unpaired) electrons. The number of phenolic OH excluding ortho intramolecular Hbond substituents is 1. The van der Waals surface area contributed by atoms with Crippen molar-refractivity contribution in [1.82, 2.24) is 14.8 Å². The van der Waals surface area contributed by atoms with Crippen LogP contribution in [0.15, 0.2) is 48.5 Å². The maximum Gasteiger partial charge on any atom is 0.387 e. The number of benzene rings is 2. The third kappa shape index (κ3) is 3.94. The minimum atomic E-state index is -2.90. The number of anilines is 1. The highest BCUT2D eigenvalue weighted by atomic mass is 19.3. The smallest absolute Gasteiger partial charge is 0.387 e. The summed E-state index contributed by atoms with van der Waals surface area (Å²) < 4.78 is 30.1. The second-order valence-corrected chi connectivity index (χ2v) is 5.27. The van der Waals surface area contributed by atoms with E-state index < -0.39 is 12.5 Å². The first-order valence-corrected chi connectivity index (χ1v) is 7.51. The van der Waals surface area contributed by atoms with Crippen LogP contribution in [0.3, 0.4) is 0 Å². The molecule has 0 saturated carbocycles. The van der Waals surface area contributed by atoms with Crippen molar-refractivity contribution in [2.24, 2.45) is 0 Å². The molecule has 0 atom stereocenters. The predicted octanol–water partition coefficient (Wildman–Crippen LogP) is 3.14. The summed E-state index contributed by atoms with van der Waals surface area (Å²) in [6.45, 7) is -1.25. The zero-order valence-corrected chi connectivity index (χ0v) is 13.6. The van der Waals surface area contributed by atoms with Crippen LogP contribution in [0.5, 0.6) is 11.5 Å². The van der Waals surface area contributed by atoms with Gasteiger partial charge in [0.1, 0.15) is 17.3 Å². The van der Waals surface area contributed by atoms with Crippen LogP contribution in [-0.4, -0.2) is 32.4 Å². The van der Waals surface area contributed by atoms with Crippen molar-refractivity contribution in [2.75, 3.05) is 5.32 Å². The molecule has 26 heavy (non-hydrogen) atoms. The lowest BCUT2D eigenvalue weighted by atomic mass is 10.3. The molecule has 1 amide bonds. The molecule has 3 aromatic rings. The summed E-state index contributed by atoms with van der Waals surface area (Å²) in [6, 6.07) is 11.9.